The summed E-state index contributed by atoms with van der Waals surface area (Å²) in [5.74, 6) is -0.442. The van der Waals surface area contributed by atoms with Gasteiger partial charge in [-0.3, -0.25) is 9.59 Å². The first-order valence-corrected chi connectivity index (χ1v) is 5.81. The van der Waals surface area contributed by atoms with E-state index < -0.39 is 11.4 Å². The molecule has 17 heavy (non-hydrogen) atoms. The summed E-state index contributed by atoms with van der Waals surface area (Å²) >= 11 is 0. The monoisotopic (exact) mass is 232 g/mol. The maximum absolute atomic E-state index is 11.3. The molecule has 0 radical (unpaired) electrons. The maximum Gasteiger partial charge on any atom is 0.315 e. The summed E-state index contributed by atoms with van der Waals surface area (Å²) in [6, 6.07) is 7.59. The fraction of sp³-hybridized carbons (Fsp3) is 0.429. The zero-order valence-corrected chi connectivity index (χ0v) is 10.1. The second kappa shape index (κ2) is 3.99. The van der Waals surface area contributed by atoms with Crippen molar-refractivity contribution < 1.29 is 14.7 Å². The van der Waals surface area contributed by atoms with Crippen LogP contribution >= 0.6 is 0 Å². The van der Waals surface area contributed by atoms with E-state index in [9.17, 15) is 14.7 Å². The van der Waals surface area contributed by atoms with Crippen molar-refractivity contribution >= 4 is 11.8 Å². The number of carbonyl (C=O) groups is 2. The minimum atomic E-state index is -0.966. The first-order valence-electron chi connectivity index (χ1n) is 5.81. The summed E-state index contributed by atoms with van der Waals surface area (Å²) in [7, 11) is 0. The lowest BCUT2D eigenvalue weighted by atomic mass is 9.63. The number of ketones is 1. The Hall–Kier alpha value is -1.64. The number of carbonyl (C=O) groups excluding carboxylic acids is 1. The van der Waals surface area contributed by atoms with Gasteiger partial charge in [-0.25, -0.2) is 0 Å². The molecule has 0 aliphatic heterocycles. The van der Waals surface area contributed by atoms with Crippen molar-refractivity contribution in [2.45, 2.75) is 38.0 Å². The number of benzene rings is 1. The van der Waals surface area contributed by atoms with Gasteiger partial charge in [0.05, 0.1) is 0 Å². The summed E-state index contributed by atoms with van der Waals surface area (Å²) in [4.78, 5) is 22.4. The summed E-state index contributed by atoms with van der Waals surface area (Å²) in [6.45, 7) is 4.18. The highest BCUT2D eigenvalue weighted by atomic mass is 16.4. The van der Waals surface area contributed by atoms with Gasteiger partial charge in [0, 0.05) is 12.8 Å². The van der Waals surface area contributed by atoms with Crippen LogP contribution in [-0.2, 0) is 15.0 Å². The summed E-state index contributed by atoms with van der Waals surface area (Å²) < 4.78 is 0. The van der Waals surface area contributed by atoms with Crippen molar-refractivity contribution in [3.63, 3.8) is 0 Å². The van der Waals surface area contributed by atoms with E-state index in [2.05, 4.69) is 13.8 Å². The highest BCUT2D eigenvalue weighted by molar-refractivity contribution is 6.01. The molecule has 1 N–H and O–H groups in total. The van der Waals surface area contributed by atoms with Crippen LogP contribution in [0.3, 0.4) is 0 Å². The van der Waals surface area contributed by atoms with Crippen LogP contribution in [0, 0.1) is 0 Å². The van der Waals surface area contributed by atoms with E-state index in [0.717, 1.165) is 5.56 Å². The molecule has 1 fully saturated rings. The van der Waals surface area contributed by atoms with Crippen LogP contribution in [0.5, 0.6) is 0 Å². The Morgan fingerprint density at radius 3 is 2.12 bits per heavy atom. The van der Waals surface area contributed by atoms with Gasteiger partial charge in [0.1, 0.15) is 11.2 Å². The predicted octanol–water partition coefficient (Wildman–Crippen LogP) is 2.50. The third kappa shape index (κ3) is 1.86. The lowest BCUT2D eigenvalue weighted by Gasteiger charge is -2.36. The van der Waals surface area contributed by atoms with Crippen molar-refractivity contribution in [2.24, 2.45) is 0 Å². The van der Waals surface area contributed by atoms with Gasteiger partial charge in [0.2, 0.25) is 0 Å². The van der Waals surface area contributed by atoms with E-state index in [4.69, 9.17) is 0 Å². The van der Waals surface area contributed by atoms with Gasteiger partial charge >= 0.3 is 5.97 Å². The summed E-state index contributed by atoms with van der Waals surface area (Å²) in [6.07, 6.45) is 0.257. The van der Waals surface area contributed by atoms with E-state index in [1.807, 2.05) is 24.3 Å². The minimum Gasteiger partial charge on any atom is -0.481 e. The van der Waals surface area contributed by atoms with Crippen molar-refractivity contribution in [1.29, 1.82) is 0 Å². The molecule has 1 aromatic carbocycles. The second-order valence-electron chi connectivity index (χ2n) is 5.06. The van der Waals surface area contributed by atoms with E-state index in [0.29, 0.717) is 5.92 Å². The van der Waals surface area contributed by atoms with Gasteiger partial charge in [0.15, 0.2) is 0 Å². The van der Waals surface area contributed by atoms with Crippen molar-refractivity contribution in [3.8, 4) is 0 Å². The van der Waals surface area contributed by atoms with Gasteiger partial charge in [0.25, 0.3) is 0 Å². The first kappa shape index (κ1) is 11.8. The molecular weight excluding hydrogens is 216 g/mol. The zero-order valence-electron chi connectivity index (χ0n) is 10.1. The number of aliphatic carboxylic acids is 1. The van der Waals surface area contributed by atoms with E-state index in [1.54, 1.807) is 0 Å². The van der Waals surface area contributed by atoms with Crippen LogP contribution in [0.1, 0.15) is 43.7 Å². The number of carboxylic acids is 1. The van der Waals surface area contributed by atoms with Gasteiger partial charge < -0.3 is 5.11 Å². The van der Waals surface area contributed by atoms with Crippen LogP contribution < -0.4 is 0 Å². The van der Waals surface area contributed by atoms with Crippen LogP contribution in [0.4, 0.5) is 0 Å². The first-order chi connectivity index (χ1) is 7.95. The molecule has 0 spiro atoms. The van der Waals surface area contributed by atoms with Crippen LogP contribution in [0.15, 0.2) is 24.3 Å². The summed E-state index contributed by atoms with van der Waals surface area (Å²) in [5, 5.41) is 9.28. The average molecular weight is 232 g/mol. The van der Waals surface area contributed by atoms with Gasteiger partial charge in [-0.2, -0.15) is 0 Å². The topological polar surface area (TPSA) is 54.4 Å². The Kier molecular flexibility index (Phi) is 2.77. The molecule has 0 saturated heterocycles. The maximum atomic E-state index is 11.3. The predicted molar refractivity (Wildman–Crippen MR) is 64.1 cm³/mol. The SMILES string of the molecule is CC(C)c1ccc(C2(C(=O)O)CC(=O)C2)cc1. The van der Waals surface area contributed by atoms with Crippen molar-refractivity contribution in [1.82, 2.24) is 0 Å². The molecule has 2 rings (SSSR count). The molecule has 90 valence electrons. The third-order valence-corrected chi connectivity index (χ3v) is 3.54. The molecule has 1 aromatic rings. The molecule has 0 bridgehead atoms. The number of hydrogen-bond acceptors (Lipinski definition) is 2. The lowest BCUT2D eigenvalue weighted by molar-refractivity contribution is -0.153. The minimum absolute atomic E-state index is 0.0281. The van der Waals surface area contributed by atoms with Crippen LogP contribution in [0.2, 0.25) is 0 Å². The summed E-state index contributed by atoms with van der Waals surface area (Å²) in [5.41, 5.74) is 0.959. The standard InChI is InChI=1S/C14H16O3/c1-9(2)10-3-5-11(6-4-10)14(13(16)17)7-12(15)8-14/h3-6,9H,7-8H2,1-2H3,(H,16,17). The molecule has 1 aliphatic carbocycles. The fourth-order valence-electron chi connectivity index (χ4n) is 2.29. The number of Topliss-reactive ketones (excluding diaryl/α,β-unsaturated/α-hetero) is 1. The molecule has 0 atom stereocenters. The molecule has 1 aliphatic rings. The Labute approximate surface area is 100 Å². The van der Waals surface area contributed by atoms with Crippen molar-refractivity contribution in [3.05, 3.63) is 35.4 Å². The highest BCUT2D eigenvalue weighted by Gasteiger charge is 2.51. The van der Waals surface area contributed by atoms with Gasteiger partial charge in [-0.05, 0) is 17.0 Å². The molecular formula is C14H16O3. The lowest BCUT2D eigenvalue weighted by Crippen LogP contribution is -2.48. The van der Waals surface area contributed by atoms with E-state index in [1.165, 1.54) is 5.56 Å². The van der Waals surface area contributed by atoms with Crippen LogP contribution in [0.25, 0.3) is 0 Å². The molecule has 0 amide bonds. The van der Waals surface area contributed by atoms with E-state index in [-0.39, 0.29) is 18.6 Å². The fourth-order valence-corrected chi connectivity index (χ4v) is 2.29. The van der Waals surface area contributed by atoms with Crippen molar-refractivity contribution in [2.75, 3.05) is 0 Å². The molecule has 3 heteroatoms. The molecule has 3 nitrogen and oxygen atoms in total. The second-order valence-corrected chi connectivity index (χ2v) is 5.06. The van der Waals surface area contributed by atoms with Gasteiger partial charge in [-0.15, -0.1) is 0 Å². The number of carboxylic acid groups (broad SMARTS) is 1. The smallest absolute Gasteiger partial charge is 0.315 e. The Balaban J connectivity index is 2.33. The van der Waals surface area contributed by atoms with E-state index >= 15 is 0 Å². The Bertz CT molecular complexity index is 449. The molecule has 0 heterocycles. The number of hydrogen-bond donors (Lipinski definition) is 1. The molecule has 0 aromatic heterocycles. The normalized spacial score (nSPS) is 17.9. The zero-order chi connectivity index (χ0) is 12.6. The molecule has 0 unspecified atom stereocenters. The largest absolute Gasteiger partial charge is 0.481 e. The highest BCUT2D eigenvalue weighted by Crippen LogP contribution is 2.41. The number of rotatable bonds is 3. The van der Waals surface area contributed by atoms with Gasteiger partial charge in [-0.1, -0.05) is 38.1 Å². The Morgan fingerprint density at radius 2 is 1.76 bits per heavy atom. The van der Waals surface area contributed by atoms with Crippen LogP contribution in [-0.4, -0.2) is 16.9 Å². The molecule has 1 saturated carbocycles. The average Bonchev–Trinajstić information content (AvgIpc) is 2.24. The third-order valence-electron chi connectivity index (χ3n) is 3.54. The quantitative estimate of drug-likeness (QED) is 0.871. The Morgan fingerprint density at radius 1 is 1.24 bits per heavy atom.